The van der Waals surface area contributed by atoms with E-state index in [1.807, 2.05) is 0 Å². The maximum atomic E-state index is 13.0. The third-order valence-electron chi connectivity index (χ3n) is 4.36. The summed E-state index contributed by atoms with van der Waals surface area (Å²) in [7, 11) is -3.96. The van der Waals surface area contributed by atoms with Crippen molar-refractivity contribution in [1.82, 2.24) is 0 Å². The minimum atomic E-state index is -3.96. The van der Waals surface area contributed by atoms with Crippen LogP contribution in [0, 0.1) is 5.82 Å². The second kappa shape index (κ2) is 7.33. The van der Waals surface area contributed by atoms with Gasteiger partial charge in [-0.1, -0.05) is 0 Å². The Hall–Kier alpha value is -2.61. The molecule has 1 aliphatic rings. The number of nitrogens with two attached hydrogens (primary N) is 1. The van der Waals surface area contributed by atoms with Crippen molar-refractivity contribution < 1.29 is 17.6 Å². The van der Waals surface area contributed by atoms with Crippen molar-refractivity contribution in [2.24, 2.45) is 5.73 Å². The van der Waals surface area contributed by atoms with Crippen LogP contribution < -0.4 is 15.4 Å². The molecule has 1 aliphatic heterocycles. The van der Waals surface area contributed by atoms with Crippen molar-refractivity contribution in [3.63, 3.8) is 0 Å². The fraction of sp³-hybridized carbons (Fsp3) is 0.278. The van der Waals surface area contributed by atoms with Gasteiger partial charge in [-0.2, -0.15) is 0 Å². The van der Waals surface area contributed by atoms with E-state index in [0.29, 0.717) is 0 Å². The maximum absolute atomic E-state index is 13.0. The van der Waals surface area contributed by atoms with E-state index >= 15 is 0 Å². The Balaban J connectivity index is 1.91. The molecule has 2 aromatic carbocycles. The van der Waals surface area contributed by atoms with Crippen molar-refractivity contribution in [2.45, 2.75) is 24.2 Å². The van der Waals surface area contributed by atoms with E-state index in [9.17, 15) is 17.6 Å². The van der Waals surface area contributed by atoms with E-state index in [1.165, 1.54) is 12.5 Å². The first-order chi connectivity index (χ1) is 12.4. The van der Waals surface area contributed by atoms with Gasteiger partial charge < -0.3 is 10.6 Å². The monoisotopic (exact) mass is 377 g/mol. The summed E-state index contributed by atoms with van der Waals surface area (Å²) in [6, 6.07) is 9.33. The maximum Gasteiger partial charge on any atom is 0.261 e. The molecule has 1 heterocycles. The Bertz CT molecular complexity index is 908. The van der Waals surface area contributed by atoms with Crippen molar-refractivity contribution in [3.8, 4) is 0 Å². The number of carbonyl (C=O) groups is 1. The molecular weight excluding hydrogens is 357 g/mol. The van der Waals surface area contributed by atoms with Gasteiger partial charge in [0.1, 0.15) is 5.82 Å². The molecule has 2 aromatic rings. The molecule has 0 aliphatic carbocycles. The molecule has 0 spiro atoms. The molecule has 8 heteroatoms. The number of nitrogens with zero attached hydrogens (tertiary/aromatic N) is 1. The minimum Gasteiger partial charge on any atom is -0.372 e. The highest BCUT2D eigenvalue weighted by atomic mass is 32.2. The van der Waals surface area contributed by atoms with Gasteiger partial charge in [-0.15, -0.1) is 0 Å². The van der Waals surface area contributed by atoms with Crippen molar-refractivity contribution in [1.29, 1.82) is 0 Å². The zero-order valence-corrected chi connectivity index (χ0v) is 14.9. The fourth-order valence-electron chi connectivity index (χ4n) is 2.99. The van der Waals surface area contributed by atoms with E-state index in [2.05, 4.69) is 9.62 Å². The molecule has 0 saturated carbocycles. The molecule has 3 N–H and O–H groups in total. The molecule has 0 atom stereocenters. The quantitative estimate of drug-likeness (QED) is 0.838. The first kappa shape index (κ1) is 18.2. The second-order valence-electron chi connectivity index (χ2n) is 6.20. The Morgan fingerprint density at radius 2 is 1.69 bits per heavy atom. The van der Waals surface area contributed by atoms with E-state index in [-0.39, 0.29) is 16.1 Å². The summed E-state index contributed by atoms with van der Waals surface area (Å²) in [4.78, 5) is 13.9. The van der Waals surface area contributed by atoms with Gasteiger partial charge in [0.25, 0.3) is 15.9 Å². The van der Waals surface area contributed by atoms with Crippen LogP contribution in [0.4, 0.5) is 15.8 Å². The van der Waals surface area contributed by atoms with Crippen LogP contribution in [-0.2, 0) is 10.0 Å². The largest absolute Gasteiger partial charge is 0.372 e. The van der Waals surface area contributed by atoms with Crippen LogP contribution in [0.5, 0.6) is 0 Å². The summed E-state index contributed by atoms with van der Waals surface area (Å²) in [6.45, 7) is 1.78. The summed E-state index contributed by atoms with van der Waals surface area (Å²) >= 11 is 0. The van der Waals surface area contributed by atoms with Gasteiger partial charge in [0.05, 0.1) is 16.1 Å². The van der Waals surface area contributed by atoms with Gasteiger partial charge in [0, 0.05) is 18.8 Å². The Morgan fingerprint density at radius 1 is 1.04 bits per heavy atom. The first-order valence-corrected chi connectivity index (χ1v) is 9.82. The van der Waals surface area contributed by atoms with Crippen LogP contribution in [-0.4, -0.2) is 27.4 Å². The lowest BCUT2D eigenvalue weighted by Crippen LogP contribution is -2.29. The number of amides is 1. The Kier molecular flexibility index (Phi) is 5.13. The average Bonchev–Trinajstić information content (AvgIpc) is 2.62. The molecule has 1 fully saturated rings. The number of halogens is 1. The molecule has 138 valence electrons. The van der Waals surface area contributed by atoms with Crippen LogP contribution in [0.15, 0.2) is 47.4 Å². The average molecular weight is 377 g/mol. The fourth-order valence-corrected chi connectivity index (χ4v) is 4.07. The molecule has 3 rings (SSSR count). The van der Waals surface area contributed by atoms with Crippen molar-refractivity contribution in [3.05, 3.63) is 53.8 Å². The normalized spacial score (nSPS) is 14.9. The molecule has 0 radical (unpaired) electrons. The van der Waals surface area contributed by atoms with Crippen LogP contribution in [0.3, 0.4) is 0 Å². The Labute approximate surface area is 151 Å². The molecule has 1 saturated heterocycles. The SMILES string of the molecule is NC(=O)c1cc(N2CCCCC2)ccc1NS(=O)(=O)c1ccc(F)cc1. The number of piperidine rings is 1. The van der Waals surface area contributed by atoms with Crippen molar-refractivity contribution >= 4 is 27.3 Å². The highest BCUT2D eigenvalue weighted by Crippen LogP contribution is 2.27. The van der Waals surface area contributed by atoms with Crippen LogP contribution in [0.1, 0.15) is 29.6 Å². The summed E-state index contributed by atoms with van der Waals surface area (Å²) < 4.78 is 40.3. The minimum absolute atomic E-state index is 0.0961. The van der Waals surface area contributed by atoms with Gasteiger partial charge in [0.2, 0.25) is 0 Å². The number of carbonyl (C=O) groups excluding carboxylic acids is 1. The van der Waals surface area contributed by atoms with E-state index in [1.54, 1.807) is 12.1 Å². The molecule has 0 bridgehead atoms. The van der Waals surface area contributed by atoms with Crippen LogP contribution in [0.2, 0.25) is 0 Å². The van der Waals surface area contributed by atoms with Gasteiger partial charge in [0.15, 0.2) is 0 Å². The van der Waals surface area contributed by atoms with Gasteiger partial charge in [-0.3, -0.25) is 9.52 Å². The number of primary amides is 1. The third-order valence-corrected chi connectivity index (χ3v) is 5.74. The van der Waals surface area contributed by atoms with Gasteiger partial charge in [-0.25, -0.2) is 12.8 Å². The zero-order chi connectivity index (χ0) is 18.7. The lowest BCUT2D eigenvalue weighted by Gasteiger charge is -2.29. The second-order valence-corrected chi connectivity index (χ2v) is 7.88. The first-order valence-electron chi connectivity index (χ1n) is 8.34. The molecule has 6 nitrogen and oxygen atoms in total. The lowest BCUT2D eigenvalue weighted by molar-refractivity contribution is 0.100. The zero-order valence-electron chi connectivity index (χ0n) is 14.1. The summed E-state index contributed by atoms with van der Waals surface area (Å²) in [5.41, 5.74) is 6.48. The van der Waals surface area contributed by atoms with E-state index in [0.717, 1.165) is 55.9 Å². The molecule has 1 amide bonds. The van der Waals surface area contributed by atoms with Gasteiger partial charge in [-0.05, 0) is 61.7 Å². The number of hydrogen-bond acceptors (Lipinski definition) is 4. The molecule has 0 aromatic heterocycles. The number of anilines is 2. The van der Waals surface area contributed by atoms with E-state index in [4.69, 9.17) is 5.73 Å². The third kappa shape index (κ3) is 3.96. The van der Waals surface area contributed by atoms with Crippen LogP contribution >= 0.6 is 0 Å². The van der Waals surface area contributed by atoms with Crippen molar-refractivity contribution in [2.75, 3.05) is 22.7 Å². The molecular formula is C18H20FN3O3S. The highest BCUT2D eigenvalue weighted by molar-refractivity contribution is 7.92. The summed E-state index contributed by atoms with van der Waals surface area (Å²) in [5.74, 6) is -1.26. The number of sulfonamides is 1. The molecule has 26 heavy (non-hydrogen) atoms. The number of hydrogen-bond donors (Lipinski definition) is 2. The predicted molar refractivity (Wildman–Crippen MR) is 98.2 cm³/mol. The summed E-state index contributed by atoms with van der Waals surface area (Å²) in [5, 5.41) is 0. The number of rotatable bonds is 5. The number of benzene rings is 2. The van der Waals surface area contributed by atoms with Crippen LogP contribution in [0.25, 0.3) is 0 Å². The Morgan fingerprint density at radius 3 is 2.31 bits per heavy atom. The highest BCUT2D eigenvalue weighted by Gasteiger charge is 2.20. The molecule has 0 unspecified atom stereocenters. The standard InChI is InChI=1S/C18H20FN3O3S/c19-13-4-7-15(8-5-13)26(24,25)21-17-9-6-14(12-16(17)18(20)23)22-10-2-1-3-11-22/h4-9,12,21H,1-3,10-11H2,(H2,20,23). The lowest BCUT2D eigenvalue weighted by atomic mass is 10.1. The predicted octanol–water partition coefficient (Wildman–Crippen LogP) is 2.72. The smallest absolute Gasteiger partial charge is 0.261 e. The van der Waals surface area contributed by atoms with E-state index < -0.39 is 21.7 Å². The summed E-state index contributed by atoms with van der Waals surface area (Å²) in [6.07, 6.45) is 3.32. The topological polar surface area (TPSA) is 92.5 Å². The number of nitrogens with one attached hydrogen (secondary N) is 1. The van der Waals surface area contributed by atoms with Gasteiger partial charge >= 0.3 is 0 Å².